The van der Waals surface area contributed by atoms with Crippen LogP contribution in [-0.4, -0.2) is 37.9 Å². The van der Waals surface area contributed by atoms with Gasteiger partial charge >= 0.3 is 0 Å². The fraction of sp³-hybridized carbons (Fsp3) is 0.294. The number of hydrogen-bond donors (Lipinski definition) is 1. The largest absolute Gasteiger partial charge is 0.339 e. The van der Waals surface area contributed by atoms with Crippen LogP contribution in [0.2, 0.25) is 5.02 Å². The lowest BCUT2D eigenvalue weighted by Gasteiger charge is -2.21. The number of nitrogens with zero attached hydrogens (tertiary/aromatic N) is 1. The highest BCUT2D eigenvalue weighted by atomic mass is 35.5. The Morgan fingerprint density at radius 3 is 2.58 bits per heavy atom. The van der Waals surface area contributed by atoms with E-state index in [1.54, 1.807) is 35.2 Å². The molecule has 0 unspecified atom stereocenters. The lowest BCUT2D eigenvalue weighted by atomic mass is 10.1. The van der Waals surface area contributed by atoms with Crippen LogP contribution in [0.15, 0.2) is 41.3 Å². The number of halogens is 1. The lowest BCUT2D eigenvalue weighted by Crippen LogP contribution is -2.43. The fourth-order valence-corrected chi connectivity index (χ4v) is 4.31. The number of likely N-dealkylation sites (tertiary alicyclic amines) is 1. The van der Waals surface area contributed by atoms with Gasteiger partial charge < -0.3 is 4.90 Å². The molecule has 2 aromatic carbocycles. The van der Waals surface area contributed by atoms with E-state index in [0.29, 0.717) is 18.0 Å². The van der Waals surface area contributed by atoms with E-state index in [2.05, 4.69) is 11.6 Å². The van der Waals surface area contributed by atoms with Crippen molar-refractivity contribution in [3.63, 3.8) is 0 Å². The molecule has 1 aliphatic rings. The van der Waals surface area contributed by atoms with E-state index in [9.17, 15) is 13.2 Å². The molecule has 2 atom stereocenters. The molecule has 127 valence electrons. The van der Waals surface area contributed by atoms with Crippen molar-refractivity contribution in [2.24, 2.45) is 0 Å². The van der Waals surface area contributed by atoms with Gasteiger partial charge in [-0.15, -0.1) is 0 Å². The number of nitrogens with one attached hydrogen (secondary N) is 1. The molecule has 0 spiro atoms. The minimum atomic E-state index is -3.78. The molecule has 5 nitrogen and oxygen atoms in total. The number of benzene rings is 2. The van der Waals surface area contributed by atoms with Crippen molar-refractivity contribution in [3.8, 4) is 0 Å². The Labute approximate surface area is 146 Å². The number of carbonyl (C=O) groups excluding carboxylic acids is 1. The molecule has 1 heterocycles. The van der Waals surface area contributed by atoms with E-state index < -0.39 is 16.1 Å². The Balaban J connectivity index is 1.86. The van der Waals surface area contributed by atoms with Gasteiger partial charge in [-0.3, -0.25) is 4.79 Å². The molecular weight excluding hydrogens is 348 g/mol. The summed E-state index contributed by atoms with van der Waals surface area (Å²) in [6.07, 6.45) is 0.446. The zero-order valence-corrected chi connectivity index (χ0v) is 14.8. The molecule has 1 aliphatic heterocycles. The Morgan fingerprint density at radius 2 is 1.92 bits per heavy atom. The van der Waals surface area contributed by atoms with Crippen molar-refractivity contribution in [3.05, 3.63) is 48.3 Å². The van der Waals surface area contributed by atoms with Crippen molar-refractivity contribution in [1.82, 2.24) is 9.62 Å². The minimum absolute atomic E-state index is 0.131. The molecule has 1 amide bonds. The summed E-state index contributed by atoms with van der Waals surface area (Å²) in [5.41, 5.74) is 0. The second-order valence-corrected chi connectivity index (χ2v) is 8.15. The van der Waals surface area contributed by atoms with Gasteiger partial charge in [-0.05, 0) is 55.3 Å². The first-order valence-electron chi connectivity index (χ1n) is 7.63. The monoisotopic (exact) mass is 365 g/mol. The molecule has 3 rings (SSSR count). The average Bonchev–Trinajstić information content (AvgIpc) is 2.87. The topological polar surface area (TPSA) is 66.5 Å². The second-order valence-electron chi connectivity index (χ2n) is 6.00. The Kier molecular flexibility index (Phi) is 4.55. The summed E-state index contributed by atoms with van der Waals surface area (Å²) < 4.78 is 27.7. The van der Waals surface area contributed by atoms with E-state index in [0.717, 1.165) is 10.8 Å². The molecule has 1 fully saturated rings. The summed E-state index contributed by atoms with van der Waals surface area (Å²) in [4.78, 5) is 14.0. The van der Waals surface area contributed by atoms with Crippen molar-refractivity contribution in [1.29, 1.82) is 0 Å². The first-order valence-corrected chi connectivity index (χ1v) is 9.49. The summed E-state index contributed by atoms with van der Waals surface area (Å²) in [7, 11) is -3.78. The fourth-order valence-electron chi connectivity index (χ4n) is 2.87. The zero-order valence-electron chi connectivity index (χ0n) is 13.2. The van der Waals surface area contributed by atoms with Crippen LogP contribution in [-0.2, 0) is 14.8 Å². The van der Waals surface area contributed by atoms with Crippen molar-refractivity contribution >= 4 is 38.3 Å². The van der Waals surface area contributed by atoms with Crippen molar-refractivity contribution < 1.29 is 13.2 Å². The number of amides is 1. The van der Waals surface area contributed by atoms with E-state index >= 15 is 0 Å². The summed E-state index contributed by atoms with van der Waals surface area (Å²) in [6.45, 7) is 6.13. The van der Waals surface area contributed by atoms with Crippen LogP contribution >= 0.6 is 11.6 Å². The normalized spacial score (nSPS) is 18.8. The summed E-state index contributed by atoms with van der Waals surface area (Å²) >= 11 is 5.94. The summed E-state index contributed by atoms with van der Waals surface area (Å²) in [5, 5.41) is 2.22. The molecule has 1 N–H and O–H groups in total. The molecule has 0 bridgehead atoms. The van der Waals surface area contributed by atoms with Gasteiger partial charge in [0.25, 0.3) is 0 Å². The van der Waals surface area contributed by atoms with Crippen LogP contribution < -0.4 is 4.72 Å². The van der Waals surface area contributed by atoms with E-state index in [4.69, 9.17) is 11.6 Å². The lowest BCUT2D eigenvalue weighted by molar-refractivity contribution is -0.130. The number of carbonyl (C=O) groups is 1. The van der Waals surface area contributed by atoms with Gasteiger partial charge in [0.05, 0.1) is 4.90 Å². The van der Waals surface area contributed by atoms with Gasteiger partial charge in [0.2, 0.25) is 15.9 Å². The molecule has 1 radical (unpaired) electrons. The number of fused-ring (bicyclic) bond motifs is 1. The van der Waals surface area contributed by atoms with Crippen molar-refractivity contribution in [2.75, 3.05) is 6.54 Å². The van der Waals surface area contributed by atoms with Gasteiger partial charge in [0, 0.05) is 17.6 Å². The maximum Gasteiger partial charge on any atom is 0.241 e. The second kappa shape index (κ2) is 6.35. The Bertz CT molecular complexity index is 896. The van der Waals surface area contributed by atoms with Gasteiger partial charge in [0.1, 0.15) is 6.04 Å². The van der Waals surface area contributed by atoms with Gasteiger partial charge in [-0.1, -0.05) is 23.7 Å². The van der Waals surface area contributed by atoms with Crippen LogP contribution in [0.25, 0.3) is 10.8 Å². The average molecular weight is 366 g/mol. The first-order chi connectivity index (χ1) is 11.3. The van der Waals surface area contributed by atoms with E-state index in [1.807, 2.05) is 6.92 Å². The third kappa shape index (κ3) is 3.27. The highest BCUT2D eigenvalue weighted by molar-refractivity contribution is 7.89. The van der Waals surface area contributed by atoms with Crippen LogP contribution in [0.4, 0.5) is 0 Å². The Hall–Kier alpha value is -1.63. The first kappa shape index (κ1) is 17.2. The molecule has 24 heavy (non-hydrogen) atoms. The standard InChI is InChI=1S/C17H18ClN2O3S/c1-11(2)20-8-7-16(17(20)21)19-24(22,23)15-6-4-12-9-14(18)5-3-13(12)10-15/h3-6,9-11,16,19H,1,7-8H2,2H3/t11-,16-/m0/s1. The van der Waals surface area contributed by atoms with E-state index in [-0.39, 0.29) is 16.8 Å². The minimum Gasteiger partial charge on any atom is -0.339 e. The Morgan fingerprint density at radius 1 is 1.25 bits per heavy atom. The molecular formula is C17H18ClN2O3S. The van der Waals surface area contributed by atoms with Gasteiger partial charge in [-0.2, -0.15) is 4.72 Å². The third-order valence-electron chi connectivity index (χ3n) is 4.15. The zero-order chi connectivity index (χ0) is 17.5. The predicted octanol–water partition coefficient (Wildman–Crippen LogP) is 2.59. The quantitative estimate of drug-likeness (QED) is 0.905. The maximum absolute atomic E-state index is 12.6. The van der Waals surface area contributed by atoms with Crippen molar-refractivity contribution in [2.45, 2.75) is 30.3 Å². The smallest absolute Gasteiger partial charge is 0.241 e. The van der Waals surface area contributed by atoms with Gasteiger partial charge in [0.15, 0.2) is 0 Å². The summed E-state index contributed by atoms with van der Waals surface area (Å²) in [5.74, 6) is -0.228. The number of hydrogen-bond acceptors (Lipinski definition) is 3. The molecule has 0 aliphatic carbocycles. The highest BCUT2D eigenvalue weighted by Crippen LogP contribution is 2.23. The predicted molar refractivity (Wildman–Crippen MR) is 94.2 cm³/mol. The maximum atomic E-state index is 12.6. The molecule has 2 aromatic rings. The van der Waals surface area contributed by atoms with Crippen LogP contribution in [0.3, 0.4) is 0 Å². The van der Waals surface area contributed by atoms with Gasteiger partial charge in [-0.25, -0.2) is 8.42 Å². The highest BCUT2D eigenvalue weighted by Gasteiger charge is 2.35. The third-order valence-corrected chi connectivity index (χ3v) is 5.86. The summed E-state index contributed by atoms with van der Waals surface area (Å²) in [6, 6.07) is 9.13. The van der Waals surface area contributed by atoms with Crippen LogP contribution in [0, 0.1) is 6.92 Å². The molecule has 7 heteroatoms. The molecule has 0 aromatic heterocycles. The van der Waals surface area contributed by atoms with Crippen LogP contribution in [0.1, 0.15) is 13.3 Å². The van der Waals surface area contributed by atoms with E-state index in [1.165, 1.54) is 6.07 Å². The SMILES string of the molecule is [CH2][C@@H](C)N1CC[C@H](NS(=O)(=O)c2ccc3cc(Cl)ccc3c2)C1=O. The molecule has 1 saturated heterocycles. The molecule has 0 saturated carbocycles. The number of sulfonamides is 1. The van der Waals surface area contributed by atoms with Crippen LogP contribution in [0.5, 0.6) is 0 Å². The number of rotatable bonds is 4.